The monoisotopic (exact) mass is 227 g/mol. The zero-order chi connectivity index (χ0) is 11.1. The van der Waals surface area contributed by atoms with Gasteiger partial charge in [-0.3, -0.25) is 0 Å². The van der Waals surface area contributed by atoms with Gasteiger partial charge in [-0.2, -0.15) is 0 Å². The van der Waals surface area contributed by atoms with E-state index in [1.807, 2.05) is 0 Å². The molecule has 0 radical (unpaired) electrons. The number of anilines is 1. The molecule has 0 spiro atoms. The van der Waals surface area contributed by atoms with Gasteiger partial charge in [0.2, 0.25) is 0 Å². The fourth-order valence-corrected chi connectivity index (χ4v) is 1.69. The molecule has 0 amide bonds. The van der Waals surface area contributed by atoms with Crippen LogP contribution in [0.5, 0.6) is 0 Å². The van der Waals surface area contributed by atoms with Gasteiger partial charge in [-0.25, -0.2) is 13.6 Å². The molecule has 0 saturated carbocycles. The maximum absolute atomic E-state index is 13.9. The first-order chi connectivity index (χ1) is 7.05. The van der Waals surface area contributed by atoms with E-state index in [4.69, 9.17) is 16.9 Å². The average molecular weight is 228 g/mol. The normalized spacial score (nSPS) is 23.7. The first-order valence-corrected chi connectivity index (χ1v) is 4.56. The number of aliphatic carboxylic acids is 1. The van der Waals surface area contributed by atoms with Crippen molar-refractivity contribution in [2.45, 2.75) is 5.79 Å². The minimum absolute atomic E-state index is 0.339. The van der Waals surface area contributed by atoms with Crippen LogP contribution >= 0.6 is 11.8 Å². The first kappa shape index (κ1) is 9.98. The first-order valence-electron chi connectivity index (χ1n) is 4.22. The number of benzene rings is 1. The third kappa shape index (κ3) is 1.37. The second-order valence-corrected chi connectivity index (χ2v) is 3.49. The van der Waals surface area contributed by atoms with Crippen molar-refractivity contribution in [1.29, 1.82) is 0 Å². The van der Waals surface area contributed by atoms with E-state index in [1.165, 1.54) is 6.08 Å². The minimum atomic E-state index is -2.68. The summed E-state index contributed by atoms with van der Waals surface area (Å²) in [7, 11) is 0. The summed E-state index contributed by atoms with van der Waals surface area (Å²) < 4.78 is 14.5. The number of carboxylic acids is 1. The summed E-state index contributed by atoms with van der Waals surface area (Å²) in [5.74, 6) is -4.32. The molecule has 15 heavy (non-hydrogen) atoms. The quantitative estimate of drug-likeness (QED) is 0.592. The number of fused-ring (bicyclic) bond motifs is 1. The lowest BCUT2D eigenvalue weighted by Crippen LogP contribution is -2.46. The Hall–Kier alpha value is -1.55. The van der Waals surface area contributed by atoms with Crippen molar-refractivity contribution in [2.75, 3.05) is 4.42 Å². The molecule has 1 aromatic carbocycles. The van der Waals surface area contributed by atoms with Crippen LogP contribution < -0.4 is 4.42 Å². The van der Waals surface area contributed by atoms with Crippen LogP contribution in [0, 0.1) is 0 Å². The van der Waals surface area contributed by atoms with Crippen molar-refractivity contribution in [3.05, 3.63) is 35.9 Å². The second kappa shape index (κ2) is 3.24. The van der Waals surface area contributed by atoms with E-state index < -0.39 is 11.8 Å². The zero-order valence-electron chi connectivity index (χ0n) is 7.52. The van der Waals surface area contributed by atoms with Gasteiger partial charge in [-0.15, -0.1) is 0 Å². The highest BCUT2D eigenvalue weighted by molar-refractivity contribution is 6.29. The number of carbonyl (C=O) groups is 1. The van der Waals surface area contributed by atoms with Gasteiger partial charge in [0.1, 0.15) is 0 Å². The highest BCUT2D eigenvalue weighted by Crippen LogP contribution is 2.37. The van der Waals surface area contributed by atoms with E-state index in [1.54, 1.807) is 24.3 Å². The van der Waals surface area contributed by atoms with Crippen molar-refractivity contribution < 1.29 is 14.3 Å². The average Bonchev–Trinajstić information content (AvgIpc) is 2.24. The highest BCUT2D eigenvalue weighted by Gasteiger charge is 2.45. The van der Waals surface area contributed by atoms with Gasteiger partial charge in [-0.1, -0.05) is 24.3 Å². The molecule has 78 valence electrons. The van der Waals surface area contributed by atoms with Crippen LogP contribution in [0.4, 0.5) is 10.1 Å². The van der Waals surface area contributed by atoms with Crippen molar-refractivity contribution in [2.24, 2.45) is 0 Å². The van der Waals surface area contributed by atoms with Crippen LogP contribution in [0.1, 0.15) is 5.56 Å². The van der Waals surface area contributed by atoms with Gasteiger partial charge < -0.3 is 5.11 Å². The molecule has 1 aliphatic heterocycles. The second-order valence-electron chi connectivity index (χ2n) is 3.15. The maximum atomic E-state index is 13.9. The molecule has 1 aliphatic rings. The summed E-state index contributed by atoms with van der Waals surface area (Å²) in [6, 6.07) is 6.71. The van der Waals surface area contributed by atoms with E-state index in [-0.39, 0.29) is 0 Å². The zero-order valence-corrected chi connectivity index (χ0v) is 8.28. The van der Waals surface area contributed by atoms with E-state index in [2.05, 4.69) is 0 Å². The number of para-hydroxylation sites is 1. The van der Waals surface area contributed by atoms with Crippen molar-refractivity contribution in [3.63, 3.8) is 0 Å². The Morgan fingerprint density at radius 1 is 1.47 bits per heavy atom. The number of rotatable bonds is 1. The molecule has 0 aromatic heterocycles. The molecule has 0 saturated heterocycles. The molecule has 1 heterocycles. The summed E-state index contributed by atoms with van der Waals surface area (Å²) in [6.45, 7) is 0. The summed E-state index contributed by atoms with van der Waals surface area (Å²) in [6.07, 6.45) is 2.33. The summed E-state index contributed by atoms with van der Waals surface area (Å²) in [4.78, 5) is 10.7. The van der Waals surface area contributed by atoms with Crippen molar-refractivity contribution >= 4 is 29.5 Å². The third-order valence-electron chi connectivity index (χ3n) is 2.22. The van der Waals surface area contributed by atoms with Crippen molar-refractivity contribution in [3.8, 4) is 0 Å². The van der Waals surface area contributed by atoms with Gasteiger partial charge in [0.05, 0.1) is 5.69 Å². The number of hydrogen-bond acceptors (Lipinski definition) is 2. The number of halogens is 2. The van der Waals surface area contributed by atoms with E-state index >= 15 is 0 Å². The Labute approximate surface area is 90.5 Å². The van der Waals surface area contributed by atoms with Gasteiger partial charge in [-0.05, 0) is 17.7 Å². The summed E-state index contributed by atoms with van der Waals surface area (Å²) in [5.41, 5.74) is 1.02. The Balaban J connectivity index is 2.54. The maximum Gasteiger partial charge on any atom is 0.368 e. The van der Waals surface area contributed by atoms with Gasteiger partial charge in [0.15, 0.2) is 0 Å². The van der Waals surface area contributed by atoms with Crippen LogP contribution in [0.25, 0.3) is 6.08 Å². The van der Waals surface area contributed by atoms with Crippen LogP contribution in [0.15, 0.2) is 30.3 Å². The molecule has 0 bridgehead atoms. The Kier molecular flexibility index (Phi) is 2.16. The standard InChI is InChI=1S/C10H7ClFNO2/c11-13-8-4-2-1-3-7(8)5-6-10(13,12)9(14)15/h1-6H,(H,14,15). The largest absolute Gasteiger partial charge is 0.477 e. The molecule has 1 unspecified atom stereocenters. The van der Waals surface area contributed by atoms with Gasteiger partial charge in [0, 0.05) is 11.8 Å². The topological polar surface area (TPSA) is 40.5 Å². The molecule has 5 heteroatoms. The predicted octanol–water partition coefficient (Wildman–Crippen LogP) is 2.42. The number of hydrogen-bond donors (Lipinski definition) is 1. The number of nitrogens with zero attached hydrogens (tertiary/aromatic N) is 1. The van der Waals surface area contributed by atoms with Crippen LogP contribution in [-0.2, 0) is 4.79 Å². The molecular formula is C10H7ClFNO2. The Morgan fingerprint density at radius 2 is 2.13 bits per heavy atom. The number of alkyl halides is 1. The Morgan fingerprint density at radius 3 is 2.80 bits per heavy atom. The third-order valence-corrected chi connectivity index (χ3v) is 2.65. The lowest BCUT2D eigenvalue weighted by atomic mass is 10.0. The SMILES string of the molecule is O=C(O)C1(F)C=Cc2ccccc2N1Cl. The predicted molar refractivity (Wildman–Crippen MR) is 55.3 cm³/mol. The van der Waals surface area contributed by atoms with Crippen molar-refractivity contribution in [1.82, 2.24) is 0 Å². The smallest absolute Gasteiger partial charge is 0.368 e. The molecule has 0 aliphatic carbocycles. The Bertz CT molecular complexity index is 449. The molecule has 1 aromatic rings. The lowest BCUT2D eigenvalue weighted by Gasteiger charge is -2.31. The van der Waals surface area contributed by atoms with Crippen LogP contribution in [0.3, 0.4) is 0 Å². The fourth-order valence-electron chi connectivity index (χ4n) is 1.40. The van der Waals surface area contributed by atoms with E-state index in [9.17, 15) is 9.18 Å². The number of carboxylic acid groups (broad SMARTS) is 1. The summed E-state index contributed by atoms with van der Waals surface area (Å²) >= 11 is 5.68. The molecule has 3 nitrogen and oxygen atoms in total. The lowest BCUT2D eigenvalue weighted by molar-refractivity contribution is -0.146. The molecule has 0 fully saturated rings. The fraction of sp³-hybridized carbons (Fsp3) is 0.100. The minimum Gasteiger partial charge on any atom is -0.477 e. The van der Waals surface area contributed by atoms with E-state index in [0.29, 0.717) is 15.7 Å². The summed E-state index contributed by atoms with van der Waals surface area (Å²) in [5, 5.41) is 8.74. The van der Waals surface area contributed by atoms with Gasteiger partial charge in [0.25, 0.3) is 0 Å². The van der Waals surface area contributed by atoms with Crippen LogP contribution in [-0.4, -0.2) is 16.9 Å². The highest BCUT2D eigenvalue weighted by atomic mass is 35.5. The van der Waals surface area contributed by atoms with E-state index in [0.717, 1.165) is 6.08 Å². The molecular weight excluding hydrogens is 221 g/mol. The van der Waals surface area contributed by atoms with Crippen LogP contribution in [0.2, 0.25) is 0 Å². The molecule has 2 rings (SSSR count). The molecule has 1 atom stereocenters. The van der Waals surface area contributed by atoms with Gasteiger partial charge >= 0.3 is 11.8 Å². The molecule has 1 N–H and O–H groups in total.